The van der Waals surface area contributed by atoms with Gasteiger partial charge in [-0.05, 0) is 18.8 Å². The van der Waals surface area contributed by atoms with Crippen molar-refractivity contribution in [1.82, 2.24) is 19.5 Å². The Morgan fingerprint density at radius 1 is 1.25 bits per heavy atom. The van der Waals surface area contributed by atoms with Gasteiger partial charge in [0.15, 0.2) is 11.5 Å². The van der Waals surface area contributed by atoms with Crippen molar-refractivity contribution in [3.8, 4) is 0 Å². The van der Waals surface area contributed by atoms with Gasteiger partial charge in [-0.1, -0.05) is 0 Å². The molecule has 1 unspecified atom stereocenters. The summed E-state index contributed by atoms with van der Waals surface area (Å²) in [6, 6.07) is -0.276. The first-order chi connectivity index (χ1) is 13.0. The number of fused-ring (bicyclic) bond motifs is 2. The molecule has 2 fully saturated rings. The van der Waals surface area contributed by atoms with E-state index in [1.165, 1.54) is 6.33 Å². The Bertz CT molecular complexity index is 1000. The molecule has 2 heterocycles. The molecule has 154 valence electrons. The molecule has 15 heteroatoms. The van der Waals surface area contributed by atoms with Crippen LogP contribution in [0.4, 0.5) is 5.82 Å². The van der Waals surface area contributed by atoms with Crippen LogP contribution in [0, 0.1) is 11.3 Å². The highest BCUT2D eigenvalue weighted by Gasteiger charge is 2.70. The van der Waals surface area contributed by atoms with E-state index in [2.05, 4.69) is 24.8 Å². The van der Waals surface area contributed by atoms with E-state index in [9.17, 15) is 18.9 Å². The maximum Gasteiger partial charge on any atom is 0.469 e. The number of hydrogen-bond acceptors (Lipinski definition) is 8. The molecule has 2 aliphatic carbocycles. The normalized spacial score (nSPS) is 29.8. The molecule has 28 heavy (non-hydrogen) atoms. The molecule has 2 aromatic heterocycles. The predicted molar refractivity (Wildman–Crippen MR) is 94.0 cm³/mol. The highest BCUT2D eigenvalue weighted by atomic mass is 31.2. The molecule has 0 amide bonds. The summed E-state index contributed by atoms with van der Waals surface area (Å²) >= 11 is 0. The van der Waals surface area contributed by atoms with Crippen LogP contribution in [-0.2, 0) is 18.2 Å². The number of phosphoric acid groups is 2. The second-order valence-corrected chi connectivity index (χ2v) is 9.42. The lowest BCUT2D eigenvalue weighted by atomic mass is 10.0. The van der Waals surface area contributed by atoms with E-state index in [0.29, 0.717) is 23.4 Å². The minimum Gasteiger partial charge on any atom is -0.371 e. The summed E-state index contributed by atoms with van der Waals surface area (Å²) in [6.45, 7) is -0.369. The van der Waals surface area contributed by atoms with Crippen molar-refractivity contribution in [2.45, 2.75) is 25.0 Å². The summed E-state index contributed by atoms with van der Waals surface area (Å²) in [5.74, 6) is 0.373. The topological polar surface area (TPSA) is 189 Å². The van der Waals surface area contributed by atoms with Crippen LogP contribution in [0.1, 0.15) is 18.9 Å². The van der Waals surface area contributed by atoms with Gasteiger partial charge < -0.3 is 29.5 Å². The van der Waals surface area contributed by atoms with Crippen molar-refractivity contribution in [1.29, 1.82) is 0 Å². The van der Waals surface area contributed by atoms with Gasteiger partial charge in [-0.15, -0.1) is 0 Å². The fraction of sp³-hybridized carbons (Fsp3) is 0.615. The summed E-state index contributed by atoms with van der Waals surface area (Å²) in [5, 5.41) is 2.92. The third-order valence-corrected chi connectivity index (χ3v) is 6.45. The van der Waals surface area contributed by atoms with Crippen LogP contribution in [0.5, 0.6) is 0 Å². The number of nitrogens with one attached hydrogen (secondary N) is 1. The van der Waals surface area contributed by atoms with Crippen LogP contribution >= 0.6 is 15.6 Å². The van der Waals surface area contributed by atoms with E-state index in [-0.39, 0.29) is 25.0 Å². The first kappa shape index (κ1) is 19.9. The Kier molecular flexibility index (Phi) is 4.64. The van der Waals surface area contributed by atoms with Gasteiger partial charge >= 0.3 is 15.6 Å². The molecule has 4 rings (SSSR count). The molecule has 0 saturated heterocycles. The molecule has 2 saturated carbocycles. The molecule has 0 radical (unpaired) electrons. The van der Waals surface area contributed by atoms with E-state index >= 15 is 0 Å². The lowest BCUT2D eigenvalue weighted by Gasteiger charge is -2.24. The fourth-order valence-corrected chi connectivity index (χ4v) is 5.26. The van der Waals surface area contributed by atoms with Gasteiger partial charge in [0.1, 0.15) is 11.8 Å². The Morgan fingerprint density at radius 2 is 2.00 bits per heavy atom. The van der Waals surface area contributed by atoms with E-state index < -0.39 is 27.2 Å². The maximum atomic E-state index is 11.4. The zero-order valence-electron chi connectivity index (χ0n) is 14.6. The molecule has 0 aliphatic heterocycles. The minimum absolute atomic E-state index is 0.166. The molecule has 2 aliphatic rings. The third-order valence-electron chi connectivity index (χ3n) is 5.46. The first-order valence-corrected chi connectivity index (χ1v) is 11.4. The van der Waals surface area contributed by atoms with Crippen molar-refractivity contribution in [3.63, 3.8) is 0 Å². The van der Waals surface area contributed by atoms with Crippen molar-refractivity contribution in [2.24, 2.45) is 11.3 Å². The van der Waals surface area contributed by atoms with Gasteiger partial charge in [-0.3, -0.25) is 9.05 Å². The Morgan fingerprint density at radius 3 is 2.64 bits per heavy atom. The minimum atomic E-state index is -4.81. The summed E-state index contributed by atoms with van der Waals surface area (Å²) in [6.07, 6.45) is 2.66. The first-order valence-electron chi connectivity index (χ1n) is 8.33. The van der Waals surface area contributed by atoms with Crippen LogP contribution in [0.2, 0.25) is 0 Å². The number of anilines is 1. The SMILES string of the molecule is CNc1ncnc2c1ncn2[C@H]1C[C@H](OP(=O)(O)O)[C@]2(COP(=O)(O)O)CC12. The fourth-order valence-electron chi connectivity index (χ4n) is 4.22. The predicted octanol–water partition coefficient (Wildman–Crippen LogP) is 0.406. The standard InChI is InChI=1S/C13H19N5O8P2/c1-14-11-10-12(16-5-15-11)18(6-17-10)8-2-9(26-28(22,23)24)13(3-7(8)13)4-25-27(19,20)21/h5-9H,2-4H2,1H3,(H,14,15,16)(H2,19,20,21)(H2,22,23,24)/t7?,8-,9-,13-/m0/s1. The molecule has 13 nitrogen and oxygen atoms in total. The maximum absolute atomic E-state index is 11.4. The zero-order valence-corrected chi connectivity index (χ0v) is 16.4. The van der Waals surface area contributed by atoms with Gasteiger partial charge in [-0.2, -0.15) is 0 Å². The summed E-state index contributed by atoms with van der Waals surface area (Å²) in [7, 11) is -7.85. The third kappa shape index (κ3) is 3.49. The molecule has 0 aromatic carbocycles. The number of aromatic nitrogens is 4. The molecular formula is C13H19N5O8P2. The molecule has 4 atom stereocenters. The van der Waals surface area contributed by atoms with Crippen LogP contribution in [0.25, 0.3) is 11.2 Å². The number of imidazole rings is 1. The number of nitrogens with zero attached hydrogens (tertiary/aromatic N) is 4. The number of phosphoric ester groups is 2. The van der Waals surface area contributed by atoms with Crippen LogP contribution < -0.4 is 5.32 Å². The van der Waals surface area contributed by atoms with Gasteiger partial charge in [-0.25, -0.2) is 24.1 Å². The number of hydrogen-bond donors (Lipinski definition) is 5. The van der Waals surface area contributed by atoms with Gasteiger partial charge in [0.05, 0.1) is 19.0 Å². The van der Waals surface area contributed by atoms with E-state index in [1.807, 2.05) is 0 Å². The number of rotatable bonds is 7. The summed E-state index contributed by atoms with van der Waals surface area (Å²) in [5.41, 5.74) is 0.183. The van der Waals surface area contributed by atoms with Gasteiger partial charge in [0, 0.05) is 18.5 Å². The average Bonchev–Trinajstić information content (AvgIpc) is 3.05. The Hall–Kier alpha value is -1.43. The molecular weight excluding hydrogens is 416 g/mol. The monoisotopic (exact) mass is 435 g/mol. The molecule has 0 bridgehead atoms. The molecule has 5 N–H and O–H groups in total. The van der Waals surface area contributed by atoms with Crippen molar-refractivity contribution in [2.75, 3.05) is 19.0 Å². The van der Waals surface area contributed by atoms with Crippen LogP contribution in [0.15, 0.2) is 12.7 Å². The zero-order chi connectivity index (χ0) is 20.3. The van der Waals surface area contributed by atoms with Gasteiger partial charge in [0.25, 0.3) is 0 Å². The van der Waals surface area contributed by atoms with E-state index in [0.717, 1.165) is 0 Å². The van der Waals surface area contributed by atoms with Crippen molar-refractivity contribution in [3.05, 3.63) is 12.7 Å². The van der Waals surface area contributed by atoms with E-state index in [4.69, 9.17) is 14.3 Å². The Labute approximate surface area is 158 Å². The molecule has 0 spiro atoms. The summed E-state index contributed by atoms with van der Waals surface area (Å²) < 4.78 is 34.0. The van der Waals surface area contributed by atoms with Crippen LogP contribution in [-0.4, -0.2) is 58.9 Å². The lowest BCUT2D eigenvalue weighted by molar-refractivity contribution is 0.0499. The largest absolute Gasteiger partial charge is 0.469 e. The second-order valence-electron chi connectivity index (χ2n) is 6.99. The average molecular weight is 435 g/mol. The highest BCUT2D eigenvalue weighted by molar-refractivity contribution is 7.46. The highest BCUT2D eigenvalue weighted by Crippen LogP contribution is 2.71. The van der Waals surface area contributed by atoms with Crippen molar-refractivity contribution < 1.29 is 37.8 Å². The Balaban J connectivity index is 1.67. The van der Waals surface area contributed by atoms with Crippen LogP contribution in [0.3, 0.4) is 0 Å². The van der Waals surface area contributed by atoms with E-state index in [1.54, 1.807) is 17.9 Å². The smallest absolute Gasteiger partial charge is 0.371 e. The second kappa shape index (κ2) is 6.54. The lowest BCUT2D eigenvalue weighted by Crippen LogP contribution is -2.26. The quantitative estimate of drug-likeness (QED) is 0.377. The van der Waals surface area contributed by atoms with Gasteiger partial charge in [0.2, 0.25) is 0 Å². The summed E-state index contributed by atoms with van der Waals surface area (Å²) in [4.78, 5) is 49.3. The van der Waals surface area contributed by atoms with Crippen molar-refractivity contribution >= 4 is 32.6 Å². The molecule has 2 aromatic rings.